The molecule has 1 heterocycles. The van der Waals surface area contributed by atoms with Crippen LogP contribution in [0.1, 0.15) is 19.4 Å². The Kier molecular flexibility index (Phi) is 4.81. The molecule has 0 fully saturated rings. The van der Waals surface area contributed by atoms with E-state index in [1.165, 1.54) is 12.3 Å². The third-order valence-corrected chi connectivity index (χ3v) is 4.37. The first-order valence-corrected chi connectivity index (χ1v) is 8.40. The van der Waals surface area contributed by atoms with Crippen molar-refractivity contribution < 1.29 is 14.3 Å². The number of benzene rings is 2. The predicted molar refractivity (Wildman–Crippen MR) is 104 cm³/mol. The summed E-state index contributed by atoms with van der Waals surface area (Å²) in [6.45, 7) is 3.56. The number of aromatic nitrogens is 1. The molecule has 0 aliphatic heterocycles. The zero-order chi connectivity index (χ0) is 19.6. The van der Waals surface area contributed by atoms with Crippen LogP contribution < -0.4 is 11.1 Å². The largest absolute Gasteiger partial charge is 0.465 e. The highest BCUT2D eigenvalue weighted by atomic mass is 19.1. The van der Waals surface area contributed by atoms with Gasteiger partial charge in [-0.05, 0) is 31.5 Å². The van der Waals surface area contributed by atoms with Crippen LogP contribution in [0, 0.1) is 5.82 Å². The van der Waals surface area contributed by atoms with Gasteiger partial charge in [-0.1, -0.05) is 42.5 Å². The molecule has 1 aromatic heterocycles. The number of nitrogens with one attached hydrogen (secondary N) is 1. The third kappa shape index (κ3) is 3.89. The molecule has 0 saturated heterocycles. The van der Waals surface area contributed by atoms with Crippen LogP contribution in [0.3, 0.4) is 0 Å². The summed E-state index contributed by atoms with van der Waals surface area (Å²) in [5.41, 5.74) is 8.78. The van der Waals surface area contributed by atoms with Crippen molar-refractivity contribution >= 4 is 11.8 Å². The van der Waals surface area contributed by atoms with Crippen molar-refractivity contribution in [3.8, 4) is 22.4 Å². The van der Waals surface area contributed by atoms with E-state index in [9.17, 15) is 9.18 Å². The van der Waals surface area contributed by atoms with Crippen molar-refractivity contribution in [1.29, 1.82) is 0 Å². The number of anilines is 1. The fourth-order valence-corrected chi connectivity index (χ4v) is 2.98. The van der Waals surface area contributed by atoms with Gasteiger partial charge in [-0.15, -0.1) is 0 Å². The van der Waals surface area contributed by atoms with Crippen molar-refractivity contribution in [2.45, 2.75) is 19.4 Å². The number of nitrogens with zero attached hydrogens (tertiary/aromatic N) is 1. The van der Waals surface area contributed by atoms with E-state index in [2.05, 4.69) is 10.3 Å². The van der Waals surface area contributed by atoms with Gasteiger partial charge in [-0.25, -0.2) is 9.18 Å². The molecule has 0 atom stereocenters. The van der Waals surface area contributed by atoms with Crippen LogP contribution in [0.5, 0.6) is 0 Å². The first-order chi connectivity index (χ1) is 12.8. The van der Waals surface area contributed by atoms with Gasteiger partial charge in [0.2, 0.25) is 0 Å². The first kappa shape index (κ1) is 18.4. The quantitative estimate of drug-likeness (QED) is 0.628. The summed E-state index contributed by atoms with van der Waals surface area (Å²) in [6, 6.07) is 15.5. The SMILES string of the molecule is CC(C)(NC(=O)O)c1ccc(-c2ncc(N)cc2-c2ccccc2F)cc1. The Bertz CT molecular complexity index is 985. The Morgan fingerprint density at radius 3 is 2.41 bits per heavy atom. The van der Waals surface area contributed by atoms with E-state index < -0.39 is 11.6 Å². The zero-order valence-corrected chi connectivity index (χ0v) is 15.0. The number of halogens is 1. The summed E-state index contributed by atoms with van der Waals surface area (Å²) in [5, 5.41) is 11.5. The second kappa shape index (κ2) is 7.07. The maximum Gasteiger partial charge on any atom is 0.405 e. The third-order valence-electron chi connectivity index (χ3n) is 4.37. The first-order valence-electron chi connectivity index (χ1n) is 8.40. The molecule has 0 spiro atoms. The number of nitrogens with two attached hydrogens (primary N) is 1. The number of rotatable bonds is 4. The van der Waals surface area contributed by atoms with E-state index in [0.717, 1.165) is 11.1 Å². The van der Waals surface area contributed by atoms with Crippen molar-refractivity contribution in [3.63, 3.8) is 0 Å². The molecule has 27 heavy (non-hydrogen) atoms. The normalized spacial score (nSPS) is 11.2. The van der Waals surface area contributed by atoms with E-state index in [1.54, 1.807) is 38.1 Å². The molecule has 0 aliphatic rings. The molecule has 3 rings (SSSR count). The fraction of sp³-hybridized carbons (Fsp3) is 0.143. The van der Waals surface area contributed by atoms with Gasteiger partial charge in [0.15, 0.2) is 0 Å². The lowest BCUT2D eigenvalue weighted by molar-refractivity contribution is 0.182. The van der Waals surface area contributed by atoms with E-state index in [1.807, 2.05) is 24.3 Å². The molecule has 3 aromatic rings. The summed E-state index contributed by atoms with van der Waals surface area (Å²) < 4.78 is 14.3. The van der Waals surface area contributed by atoms with E-state index in [-0.39, 0.29) is 5.82 Å². The van der Waals surface area contributed by atoms with Crippen LogP contribution in [0.15, 0.2) is 60.8 Å². The van der Waals surface area contributed by atoms with Gasteiger partial charge in [0.1, 0.15) is 5.82 Å². The number of hydrogen-bond acceptors (Lipinski definition) is 3. The second-order valence-corrected chi connectivity index (χ2v) is 6.78. The van der Waals surface area contributed by atoms with Crippen LogP contribution >= 0.6 is 0 Å². The summed E-state index contributed by atoms with van der Waals surface area (Å²) in [4.78, 5) is 15.4. The molecule has 0 unspecified atom stereocenters. The molecule has 6 heteroatoms. The summed E-state index contributed by atoms with van der Waals surface area (Å²) in [6.07, 6.45) is 0.440. The Morgan fingerprint density at radius 1 is 1.11 bits per heavy atom. The van der Waals surface area contributed by atoms with E-state index in [4.69, 9.17) is 10.8 Å². The standard InChI is InChI=1S/C21H20FN3O2/c1-21(2,25-20(26)27)14-9-7-13(8-10-14)19-17(11-15(23)12-24-19)16-5-3-4-6-18(16)22/h3-12,25H,23H2,1-2H3,(H,26,27). The minimum absolute atomic E-state index is 0.352. The average molecular weight is 365 g/mol. The fourth-order valence-electron chi connectivity index (χ4n) is 2.98. The summed E-state index contributed by atoms with van der Waals surface area (Å²) >= 11 is 0. The number of carboxylic acid groups (broad SMARTS) is 1. The van der Waals surface area contributed by atoms with Gasteiger partial charge in [-0.2, -0.15) is 0 Å². The van der Waals surface area contributed by atoms with E-state index >= 15 is 0 Å². The molecule has 1 amide bonds. The Balaban J connectivity index is 2.05. The molecule has 5 nitrogen and oxygen atoms in total. The zero-order valence-electron chi connectivity index (χ0n) is 15.0. The lowest BCUT2D eigenvalue weighted by Crippen LogP contribution is -2.39. The Hall–Kier alpha value is -3.41. The van der Waals surface area contributed by atoms with Crippen molar-refractivity contribution in [1.82, 2.24) is 10.3 Å². The molecule has 0 aliphatic carbocycles. The number of amides is 1. The van der Waals surface area contributed by atoms with Gasteiger partial charge in [-0.3, -0.25) is 4.98 Å². The van der Waals surface area contributed by atoms with E-state index in [0.29, 0.717) is 22.5 Å². The summed E-state index contributed by atoms with van der Waals surface area (Å²) in [7, 11) is 0. The smallest absolute Gasteiger partial charge is 0.405 e. The van der Waals surface area contributed by atoms with Crippen molar-refractivity contribution in [2.75, 3.05) is 5.73 Å². The average Bonchev–Trinajstić information content (AvgIpc) is 2.61. The minimum Gasteiger partial charge on any atom is -0.465 e. The van der Waals surface area contributed by atoms with Gasteiger partial charge < -0.3 is 16.2 Å². The molecule has 4 N–H and O–H groups in total. The Morgan fingerprint density at radius 2 is 1.78 bits per heavy atom. The van der Waals surface area contributed by atoms with Gasteiger partial charge >= 0.3 is 6.09 Å². The van der Waals surface area contributed by atoms with Crippen molar-refractivity contribution in [3.05, 3.63) is 72.2 Å². The molecular formula is C21H20FN3O2. The molecular weight excluding hydrogens is 345 g/mol. The highest BCUT2D eigenvalue weighted by Gasteiger charge is 2.23. The molecule has 0 radical (unpaired) electrons. The van der Waals surface area contributed by atoms with Gasteiger partial charge in [0.25, 0.3) is 0 Å². The topological polar surface area (TPSA) is 88.2 Å². The van der Waals surface area contributed by atoms with Crippen LogP contribution in [-0.4, -0.2) is 16.2 Å². The van der Waals surface area contributed by atoms with Crippen molar-refractivity contribution in [2.24, 2.45) is 0 Å². The highest BCUT2D eigenvalue weighted by Crippen LogP contribution is 2.34. The number of hydrogen-bond donors (Lipinski definition) is 3. The minimum atomic E-state index is -1.09. The van der Waals surface area contributed by atoms with Crippen LogP contribution in [0.25, 0.3) is 22.4 Å². The number of carbonyl (C=O) groups is 1. The molecule has 0 saturated carbocycles. The van der Waals surface area contributed by atoms with Crippen LogP contribution in [-0.2, 0) is 5.54 Å². The number of pyridine rings is 1. The lowest BCUT2D eigenvalue weighted by atomic mass is 9.92. The van der Waals surface area contributed by atoms with Crippen LogP contribution in [0.2, 0.25) is 0 Å². The lowest BCUT2D eigenvalue weighted by Gasteiger charge is -2.25. The maximum atomic E-state index is 14.3. The second-order valence-electron chi connectivity index (χ2n) is 6.78. The van der Waals surface area contributed by atoms with Crippen LogP contribution in [0.4, 0.5) is 14.9 Å². The Labute approximate surface area is 156 Å². The highest BCUT2D eigenvalue weighted by molar-refractivity contribution is 5.82. The molecule has 0 bridgehead atoms. The molecule has 2 aromatic carbocycles. The van der Waals surface area contributed by atoms with Gasteiger partial charge in [0.05, 0.1) is 23.1 Å². The number of nitrogen functional groups attached to an aromatic ring is 1. The van der Waals surface area contributed by atoms with Gasteiger partial charge in [0, 0.05) is 16.7 Å². The summed E-state index contributed by atoms with van der Waals surface area (Å²) in [5.74, 6) is -0.352. The maximum absolute atomic E-state index is 14.3. The monoisotopic (exact) mass is 365 g/mol. The molecule has 138 valence electrons. The predicted octanol–water partition coefficient (Wildman–Crippen LogP) is 4.64.